The van der Waals surface area contributed by atoms with Crippen LogP contribution in [0.5, 0.6) is 0 Å². The van der Waals surface area contributed by atoms with Gasteiger partial charge in [0.15, 0.2) is 5.65 Å². The van der Waals surface area contributed by atoms with Crippen molar-refractivity contribution in [3.63, 3.8) is 0 Å². The van der Waals surface area contributed by atoms with Crippen molar-refractivity contribution in [2.24, 2.45) is 0 Å². The number of hydrogen-bond donors (Lipinski definition) is 1. The van der Waals surface area contributed by atoms with Gasteiger partial charge in [0.2, 0.25) is 0 Å². The van der Waals surface area contributed by atoms with E-state index in [9.17, 15) is 4.79 Å². The highest BCUT2D eigenvalue weighted by atomic mass is 32.2. The third kappa shape index (κ3) is 2.80. The largest absolute Gasteiger partial charge is 0.399 e. The molecule has 0 spiro atoms. The summed E-state index contributed by atoms with van der Waals surface area (Å²) in [4.78, 5) is 13.3. The molecule has 0 aliphatic heterocycles. The van der Waals surface area contributed by atoms with Gasteiger partial charge in [0, 0.05) is 22.5 Å². The van der Waals surface area contributed by atoms with Crippen LogP contribution in [-0.4, -0.2) is 19.9 Å². The number of anilines is 1. The van der Waals surface area contributed by atoms with E-state index < -0.39 is 0 Å². The number of aryl methyl sites for hydroxylation is 2. The number of aromatic nitrogens is 3. The Balaban J connectivity index is 1.70. The Kier molecular flexibility index (Phi) is 3.70. The monoisotopic (exact) mass is 300 g/mol. The predicted octanol–water partition coefficient (Wildman–Crippen LogP) is 2.18. The van der Waals surface area contributed by atoms with Gasteiger partial charge in [-0.05, 0) is 42.8 Å². The number of rotatable bonds is 4. The van der Waals surface area contributed by atoms with Crippen LogP contribution < -0.4 is 11.4 Å². The van der Waals surface area contributed by atoms with E-state index in [1.165, 1.54) is 4.68 Å². The minimum absolute atomic E-state index is 0.0975. The van der Waals surface area contributed by atoms with Crippen LogP contribution in [0.4, 0.5) is 5.69 Å². The highest BCUT2D eigenvalue weighted by Gasteiger charge is 2.05. The van der Waals surface area contributed by atoms with Crippen molar-refractivity contribution < 1.29 is 0 Å². The molecule has 2 aromatic heterocycles. The summed E-state index contributed by atoms with van der Waals surface area (Å²) < 4.78 is 3.06. The molecule has 5 nitrogen and oxygen atoms in total. The van der Waals surface area contributed by atoms with Gasteiger partial charge < -0.3 is 5.73 Å². The zero-order valence-corrected chi connectivity index (χ0v) is 12.5. The maximum atomic E-state index is 12.1. The molecular formula is C15H16N4OS. The van der Waals surface area contributed by atoms with Crippen molar-refractivity contribution in [1.29, 1.82) is 0 Å². The van der Waals surface area contributed by atoms with Crippen LogP contribution in [0.1, 0.15) is 5.56 Å². The first-order valence-corrected chi connectivity index (χ1v) is 7.67. The van der Waals surface area contributed by atoms with Gasteiger partial charge in [-0.25, -0.2) is 9.48 Å². The molecule has 21 heavy (non-hydrogen) atoms. The molecule has 2 heterocycles. The average molecular weight is 300 g/mol. The number of hydrogen-bond acceptors (Lipinski definition) is 4. The summed E-state index contributed by atoms with van der Waals surface area (Å²) in [6, 6.07) is 11.5. The topological polar surface area (TPSA) is 65.3 Å². The molecule has 0 saturated heterocycles. The molecular weight excluding hydrogens is 284 g/mol. The fourth-order valence-electron chi connectivity index (χ4n) is 2.10. The predicted molar refractivity (Wildman–Crippen MR) is 85.8 cm³/mol. The summed E-state index contributed by atoms with van der Waals surface area (Å²) in [6.45, 7) is 2.57. The van der Waals surface area contributed by atoms with Crippen LogP contribution in [0.2, 0.25) is 0 Å². The van der Waals surface area contributed by atoms with Gasteiger partial charge in [-0.2, -0.15) is 0 Å². The molecule has 0 saturated carbocycles. The minimum Gasteiger partial charge on any atom is -0.399 e. The molecule has 3 aromatic rings. The standard InChI is InChI=1S/C15H16N4OS/c1-11-10-12(5-6-13(11)16)21-9-8-19-15(20)18-7-3-2-4-14(18)17-19/h2-7,10H,8-9,16H2,1H3. The second kappa shape index (κ2) is 5.65. The molecule has 3 rings (SSSR count). The van der Waals surface area contributed by atoms with Crippen molar-refractivity contribution in [1.82, 2.24) is 14.2 Å². The van der Waals surface area contributed by atoms with Gasteiger partial charge in [-0.15, -0.1) is 16.9 Å². The molecule has 0 aliphatic carbocycles. The van der Waals surface area contributed by atoms with E-state index >= 15 is 0 Å². The lowest BCUT2D eigenvalue weighted by Gasteiger charge is -2.04. The summed E-state index contributed by atoms with van der Waals surface area (Å²) in [5.41, 5.74) is 8.26. The highest BCUT2D eigenvalue weighted by molar-refractivity contribution is 7.99. The SMILES string of the molecule is Cc1cc(SCCn2nc3ccccn3c2=O)ccc1N. The molecule has 0 aliphatic rings. The van der Waals surface area contributed by atoms with E-state index in [-0.39, 0.29) is 5.69 Å². The molecule has 0 radical (unpaired) electrons. The average Bonchev–Trinajstić information content (AvgIpc) is 2.80. The number of nitrogen functional groups attached to an aromatic ring is 1. The Morgan fingerprint density at radius 1 is 1.29 bits per heavy atom. The van der Waals surface area contributed by atoms with Crippen molar-refractivity contribution >= 4 is 23.1 Å². The summed E-state index contributed by atoms with van der Waals surface area (Å²) in [5.74, 6) is 0.785. The molecule has 0 bridgehead atoms. The minimum atomic E-state index is -0.0975. The molecule has 1 aromatic carbocycles. The molecule has 0 amide bonds. The highest BCUT2D eigenvalue weighted by Crippen LogP contribution is 2.22. The molecule has 0 atom stereocenters. The van der Waals surface area contributed by atoms with E-state index in [1.807, 2.05) is 37.3 Å². The summed E-state index contributed by atoms with van der Waals surface area (Å²) >= 11 is 1.69. The quantitative estimate of drug-likeness (QED) is 0.592. The van der Waals surface area contributed by atoms with Crippen molar-refractivity contribution in [2.75, 3.05) is 11.5 Å². The molecule has 6 heteroatoms. The van der Waals surface area contributed by atoms with E-state index in [2.05, 4.69) is 11.2 Å². The second-order valence-corrected chi connectivity index (χ2v) is 5.97. The first kappa shape index (κ1) is 13.8. The fraction of sp³-hybridized carbons (Fsp3) is 0.200. The summed E-state index contributed by atoms with van der Waals surface area (Å²) in [5, 5.41) is 4.31. The van der Waals surface area contributed by atoms with E-state index in [4.69, 9.17) is 5.73 Å². The maximum absolute atomic E-state index is 12.1. The fourth-order valence-corrected chi connectivity index (χ4v) is 3.03. The van der Waals surface area contributed by atoms with E-state index in [0.717, 1.165) is 21.9 Å². The smallest absolute Gasteiger partial charge is 0.350 e. The third-order valence-corrected chi connectivity index (χ3v) is 4.28. The normalized spacial score (nSPS) is 11.1. The number of nitrogens with two attached hydrogens (primary N) is 1. The van der Waals surface area contributed by atoms with Crippen LogP contribution >= 0.6 is 11.8 Å². The molecule has 0 unspecified atom stereocenters. The summed E-state index contributed by atoms with van der Waals surface area (Å²) in [6.07, 6.45) is 1.73. The Morgan fingerprint density at radius 3 is 2.90 bits per heavy atom. The maximum Gasteiger partial charge on any atom is 0.350 e. The van der Waals surface area contributed by atoms with Crippen LogP contribution in [-0.2, 0) is 6.54 Å². The van der Waals surface area contributed by atoms with Gasteiger partial charge >= 0.3 is 5.69 Å². The van der Waals surface area contributed by atoms with Crippen LogP contribution in [0.25, 0.3) is 5.65 Å². The Labute approximate surface area is 126 Å². The Morgan fingerprint density at radius 2 is 2.14 bits per heavy atom. The van der Waals surface area contributed by atoms with E-state index in [1.54, 1.807) is 22.4 Å². The first-order valence-electron chi connectivity index (χ1n) is 6.68. The number of nitrogens with zero attached hydrogens (tertiary/aromatic N) is 3. The van der Waals surface area contributed by atoms with Gasteiger partial charge in [0.25, 0.3) is 0 Å². The molecule has 2 N–H and O–H groups in total. The van der Waals surface area contributed by atoms with Gasteiger partial charge in [0.05, 0.1) is 6.54 Å². The van der Waals surface area contributed by atoms with E-state index in [0.29, 0.717) is 12.2 Å². The third-order valence-electron chi connectivity index (χ3n) is 3.30. The first-order chi connectivity index (χ1) is 10.1. The van der Waals surface area contributed by atoms with Crippen LogP contribution in [0.15, 0.2) is 52.3 Å². The molecule has 108 valence electrons. The second-order valence-electron chi connectivity index (χ2n) is 4.80. The number of pyridine rings is 1. The zero-order chi connectivity index (χ0) is 14.8. The number of benzene rings is 1. The van der Waals surface area contributed by atoms with Crippen LogP contribution in [0, 0.1) is 6.92 Å². The van der Waals surface area contributed by atoms with Crippen molar-refractivity contribution in [3.8, 4) is 0 Å². The van der Waals surface area contributed by atoms with Crippen molar-refractivity contribution in [3.05, 3.63) is 58.6 Å². The van der Waals surface area contributed by atoms with Crippen LogP contribution in [0.3, 0.4) is 0 Å². The van der Waals surface area contributed by atoms with Crippen molar-refractivity contribution in [2.45, 2.75) is 18.4 Å². The number of fused-ring (bicyclic) bond motifs is 1. The lowest BCUT2D eigenvalue weighted by molar-refractivity contribution is 0.640. The summed E-state index contributed by atoms with van der Waals surface area (Å²) in [7, 11) is 0. The zero-order valence-electron chi connectivity index (χ0n) is 11.7. The lowest BCUT2D eigenvalue weighted by Crippen LogP contribution is -2.21. The Hall–Kier alpha value is -2.21. The van der Waals surface area contributed by atoms with Gasteiger partial charge in [-0.1, -0.05) is 6.07 Å². The number of thioether (sulfide) groups is 1. The Bertz CT molecular complexity index is 837. The molecule has 0 fully saturated rings. The van der Waals surface area contributed by atoms with Gasteiger partial charge in [0.1, 0.15) is 0 Å². The van der Waals surface area contributed by atoms with Gasteiger partial charge in [-0.3, -0.25) is 4.40 Å². The lowest BCUT2D eigenvalue weighted by atomic mass is 10.2.